The molecule has 7 heteroatoms. The highest BCUT2D eigenvalue weighted by Gasteiger charge is 2.43. The zero-order valence-corrected chi connectivity index (χ0v) is 15.3. The number of piperidine rings is 1. The second kappa shape index (κ2) is 6.83. The molecule has 0 aliphatic carbocycles. The third-order valence-corrected chi connectivity index (χ3v) is 5.34. The minimum Gasteiger partial charge on any atom is -0.485 e. The monoisotopic (exact) mass is 379 g/mol. The van der Waals surface area contributed by atoms with Crippen LogP contribution in [0.3, 0.4) is 0 Å². The maximum absolute atomic E-state index is 12.9. The summed E-state index contributed by atoms with van der Waals surface area (Å²) in [6, 6.07) is 17.3. The van der Waals surface area contributed by atoms with Gasteiger partial charge in [-0.25, -0.2) is 15.3 Å². The lowest BCUT2D eigenvalue weighted by molar-refractivity contribution is -0.148. The number of carbonyl (C=O) groups excluding carboxylic acids is 1. The Balaban J connectivity index is 1.23. The first-order chi connectivity index (χ1) is 13.7. The smallest absolute Gasteiger partial charge is 0.267 e. The van der Waals surface area contributed by atoms with E-state index in [1.165, 1.54) is 0 Å². The minimum absolute atomic E-state index is 0.0532. The van der Waals surface area contributed by atoms with E-state index >= 15 is 0 Å². The second-order valence-electron chi connectivity index (χ2n) is 7.17. The van der Waals surface area contributed by atoms with Crippen molar-refractivity contribution in [3.8, 4) is 11.5 Å². The first-order valence-corrected chi connectivity index (χ1v) is 9.49. The van der Waals surface area contributed by atoms with E-state index in [1.54, 1.807) is 0 Å². The van der Waals surface area contributed by atoms with Gasteiger partial charge in [0.25, 0.3) is 5.91 Å². The number of para-hydroxylation sites is 2. The molecular weight excluding hydrogens is 358 g/mol. The van der Waals surface area contributed by atoms with Gasteiger partial charge in [-0.3, -0.25) is 4.79 Å². The van der Waals surface area contributed by atoms with Crippen LogP contribution in [0.4, 0.5) is 0 Å². The van der Waals surface area contributed by atoms with Gasteiger partial charge in [0.15, 0.2) is 23.1 Å². The molecule has 0 saturated carbocycles. The number of likely N-dealkylation sites (tertiary alicyclic amines) is 1. The molecule has 3 aliphatic heterocycles. The first-order valence-electron chi connectivity index (χ1n) is 9.49. The molecule has 1 saturated heterocycles. The largest absolute Gasteiger partial charge is 0.485 e. The molecule has 1 fully saturated rings. The van der Waals surface area contributed by atoms with Gasteiger partial charge in [0.05, 0.1) is 0 Å². The lowest BCUT2D eigenvalue weighted by atomic mass is 10.0. The summed E-state index contributed by atoms with van der Waals surface area (Å²) in [6.45, 7) is 1.35. The van der Waals surface area contributed by atoms with Crippen molar-refractivity contribution in [3.05, 3.63) is 60.2 Å². The van der Waals surface area contributed by atoms with Crippen molar-refractivity contribution in [2.75, 3.05) is 19.7 Å². The average molecular weight is 379 g/mol. The number of rotatable bonds is 2. The summed E-state index contributed by atoms with van der Waals surface area (Å²) in [5.41, 5.74) is 3.33. The zero-order valence-electron chi connectivity index (χ0n) is 15.3. The predicted octanol–water partition coefficient (Wildman–Crippen LogP) is 2.13. The Labute approximate surface area is 162 Å². The molecule has 28 heavy (non-hydrogen) atoms. The number of ether oxygens (including phenoxy) is 2. The number of hydrogen-bond acceptors (Lipinski definition) is 6. The Morgan fingerprint density at radius 1 is 1.04 bits per heavy atom. The molecule has 7 nitrogen and oxygen atoms in total. The number of hydroxylamine groups is 1. The van der Waals surface area contributed by atoms with E-state index < -0.39 is 11.8 Å². The van der Waals surface area contributed by atoms with Crippen LogP contribution in [0.15, 0.2) is 59.6 Å². The maximum Gasteiger partial charge on any atom is 0.267 e. The van der Waals surface area contributed by atoms with Gasteiger partial charge in [0.2, 0.25) is 6.10 Å². The van der Waals surface area contributed by atoms with Crippen LogP contribution in [0.25, 0.3) is 0 Å². The van der Waals surface area contributed by atoms with Crippen molar-refractivity contribution < 1.29 is 19.1 Å². The third-order valence-electron chi connectivity index (χ3n) is 5.34. The fraction of sp³-hybridized carbons (Fsp3) is 0.333. The summed E-state index contributed by atoms with van der Waals surface area (Å²) >= 11 is 0. The topological polar surface area (TPSA) is 72.4 Å². The van der Waals surface area contributed by atoms with E-state index in [1.807, 2.05) is 59.5 Å². The van der Waals surface area contributed by atoms with Crippen LogP contribution in [0, 0.1) is 0 Å². The number of carbonyl (C=O) groups is 1. The highest BCUT2D eigenvalue weighted by atomic mass is 16.7. The lowest BCUT2D eigenvalue weighted by Crippen LogP contribution is -2.52. The summed E-state index contributed by atoms with van der Waals surface area (Å²) in [6.07, 6.45) is 0.647. The van der Waals surface area contributed by atoms with Gasteiger partial charge in [-0.1, -0.05) is 42.5 Å². The molecule has 5 rings (SSSR count). The molecule has 3 aliphatic rings. The number of aliphatic imine (C=N–C) groups is 1. The Bertz CT molecular complexity index is 907. The van der Waals surface area contributed by atoms with Gasteiger partial charge < -0.3 is 14.4 Å². The van der Waals surface area contributed by atoms with Gasteiger partial charge in [0.1, 0.15) is 6.61 Å². The molecule has 0 radical (unpaired) electrons. The Morgan fingerprint density at radius 3 is 2.54 bits per heavy atom. The van der Waals surface area contributed by atoms with E-state index in [2.05, 4.69) is 5.48 Å². The highest BCUT2D eigenvalue weighted by molar-refractivity contribution is 5.99. The van der Waals surface area contributed by atoms with E-state index in [0.29, 0.717) is 37.4 Å². The van der Waals surface area contributed by atoms with Crippen LogP contribution in [-0.2, 0) is 9.63 Å². The molecular formula is C21H21N3O4. The van der Waals surface area contributed by atoms with Gasteiger partial charge in [0, 0.05) is 31.5 Å². The second-order valence-corrected chi connectivity index (χ2v) is 7.17. The summed E-state index contributed by atoms with van der Waals surface area (Å²) in [5, 5.41) is 0. The molecule has 0 aromatic heterocycles. The Hall–Kier alpha value is -3.06. The van der Waals surface area contributed by atoms with Crippen LogP contribution in [-0.4, -0.2) is 48.2 Å². The number of nitrogens with zero attached hydrogens (tertiary/aromatic N) is 2. The lowest BCUT2D eigenvalue weighted by Gasteiger charge is -2.37. The van der Waals surface area contributed by atoms with E-state index in [9.17, 15) is 4.79 Å². The van der Waals surface area contributed by atoms with Crippen LogP contribution < -0.4 is 15.0 Å². The van der Waals surface area contributed by atoms with Crippen molar-refractivity contribution in [1.82, 2.24) is 10.4 Å². The normalized spacial score (nSPS) is 22.5. The third kappa shape index (κ3) is 3.07. The van der Waals surface area contributed by atoms with E-state index in [4.69, 9.17) is 19.3 Å². The quantitative estimate of drug-likeness (QED) is 0.866. The van der Waals surface area contributed by atoms with Gasteiger partial charge in [-0.05, 0) is 12.1 Å². The SMILES string of the molecule is O=C(C1COc2ccccc2O1)N1CCC2(CC1)N=C(c1ccccc1)NO2. The first kappa shape index (κ1) is 17.1. The van der Waals surface area contributed by atoms with Crippen molar-refractivity contribution in [2.24, 2.45) is 4.99 Å². The van der Waals surface area contributed by atoms with Crippen molar-refractivity contribution in [1.29, 1.82) is 0 Å². The molecule has 3 heterocycles. The highest BCUT2D eigenvalue weighted by Crippen LogP contribution is 2.34. The van der Waals surface area contributed by atoms with Crippen molar-refractivity contribution in [2.45, 2.75) is 24.7 Å². The Morgan fingerprint density at radius 2 is 1.75 bits per heavy atom. The zero-order chi connectivity index (χ0) is 19.0. The summed E-state index contributed by atoms with van der Waals surface area (Å²) in [4.78, 5) is 25.3. The standard InChI is InChI=1S/C21H21N3O4/c25-20(18-14-26-16-8-4-5-9-17(16)27-18)24-12-10-21(11-13-24)22-19(23-28-21)15-6-2-1-3-7-15/h1-9,18H,10-14H2,(H,22,23). The predicted molar refractivity (Wildman–Crippen MR) is 102 cm³/mol. The Kier molecular flexibility index (Phi) is 4.16. The molecule has 1 unspecified atom stereocenters. The fourth-order valence-corrected chi connectivity index (χ4v) is 3.75. The van der Waals surface area contributed by atoms with Crippen LogP contribution in [0.2, 0.25) is 0 Å². The van der Waals surface area contributed by atoms with Gasteiger partial charge >= 0.3 is 0 Å². The van der Waals surface area contributed by atoms with Crippen molar-refractivity contribution in [3.63, 3.8) is 0 Å². The average Bonchev–Trinajstić information content (AvgIpc) is 3.17. The van der Waals surface area contributed by atoms with Gasteiger partial charge in [-0.2, -0.15) is 0 Å². The minimum atomic E-state index is -0.616. The molecule has 1 spiro atoms. The summed E-state index contributed by atoms with van der Waals surface area (Å²) in [5.74, 6) is 1.97. The van der Waals surface area contributed by atoms with Crippen molar-refractivity contribution >= 4 is 11.7 Å². The number of amides is 1. The summed E-state index contributed by atoms with van der Waals surface area (Å²) in [7, 11) is 0. The number of amidine groups is 1. The number of fused-ring (bicyclic) bond motifs is 1. The number of hydrogen-bond donors (Lipinski definition) is 1. The molecule has 2 aromatic rings. The van der Waals surface area contributed by atoms with Crippen LogP contribution in [0.5, 0.6) is 11.5 Å². The molecule has 2 aromatic carbocycles. The molecule has 0 bridgehead atoms. The van der Waals surface area contributed by atoms with Crippen LogP contribution in [0.1, 0.15) is 18.4 Å². The van der Waals surface area contributed by atoms with E-state index in [0.717, 1.165) is 11.4 Å². The maximum atomic E-state index is 12.9. The molecule has 1 N–H and O–H groups in total. The summed E-state index contributed by atoms with van der Waals surface area (Å²) < 4.78 is 11.5. The van der Waals surface area contributed by atoms with Crippen LogP contribution >= 0.6 is 0 Å². The molecule has 144 valence electrons. The number of nitrogens with one attached hydrogen (secondary N) is 1. The number of benzene rings is 2. The van der Waals surface area contributed by atoms with E-state index in [-0.39, 0.29) is 12.5 Å². The molecule has 1 amide bonds. The fourth-order valence-electron chi connectivity index (χ4n) is 3.75. The molecule has 1 atom stereocenters. The van der Waals surface area contributed by atoms with Gasteiger partial charge in [-0.15, -0.1) is 0 Å².